The summed E-state index contributed by atoms with van der Waals surface area (Å²) in [4.78, 5) is 28.2. The molecule has 0 radical (unpaired) electrons. The molecule has 0 saturated carbocycles. The van der Waals surface area contributed by atoms with Gasteiger partial charge in [-0.05, 0) is 42.9 Å². The average molecular weight is 408 g/mol. The number of hydrogen-bond donors (Lipinski definition) is 1. The third-order valence-corrected chi connectivity index (χ3v) is 6.82. The van der Waals surface area contributed by atoms with Crippen molar-refractivity contribution in [2.45, 2.75) is 44.2 Å². The van der Waals surface area contributed by atoms with Gasteiger partial charge < -0.3 is 14.6 Å². The first-order chi connectivity index (χ1) is 14.7. The average Bonchev–Trinajstić information content (AvgIpc) is 2.77. The van der Waals surface area contributed by atoms with Gasteiger partial charge >= 0.3 is 0 Å². The van der Waals surface area contributed by atoms with Gasteiger partial charge in [0.15, 0.2) is 0 Å². The molecule has 1 amide bonds. The normalized spacial score (nSPS) is 24.3. The zero-order valence-corrected chi connectivity index (χ0v) is 17.3. The number of likely N-dealkylation sites (tertiary alicyclic amines) is 1. The number of ether oxygens (including phenoxy) is 1. The van der Waals surface area contributed by atoms with Crippen LogP contribution in [0.4, 0.5) is 5.69 Å². The second-order valence-corrected chi connectivity index (χ2v) is 8.89. The first kappa shape index (κ1) is 19.5. The van der Waals surface area contributed by atoms with E-state index < -0.39 is 0 Å². The highest BCUT2D eigenvalue weighted by molar-refractivity contribution is 5.92. The number of carbonyl (C=O) groups is 1. The van der Waals surface area contributed by atoms with E-state index in [-0.39, 0.29) is 17.9 Å². The molecular formula is C24H29N3O3. The molecule has 2 unspecified atom stereocenters. The summed E-state index contributed by atoms with van der Waals surface area (Å²) in [6, 6.07) is 14.1. The van der Waals surface area contributed by atoms with Crippen molar-refractivity contribution >= 4 is 11.6 Å². The molecular weight excluding hydrogens is 378 g/mol. The minimum atomic E-state index is -0.152. The SMILES string of the molecule is O=C(Cc1ccccc1)Nc1ccc2n(c1=O)CC1CC2CN(C2CCOCC2)C1. The highest BCUT2D eigenvalue weighted by atomic mass is 16.5. The van der Waals surface area contributed by atoms with Crippen molar-refractivity contribution in [2.24, 2.45) is 5.92 Å². The van der Waals surface area contributed by atoms with Crippen molar-refractivity contribution in [3.05, 3.63) is 64.1 Å². The van der Waals surface area contributed by atoms with Crippen molar-refractivity contribution in [2.75, 3.05) is 31.6 Å². The molecule has 0 spiro atoms. The van der Waals surface area contributed by atoms with Crippen LogP contribution in [0.2, 0.25) is 0 Å². The number of nitrogens with zero attached hydrogens (tertiary/aromatic N) is 2. The Bertz CT molecular complexity index is 965. The molecule has 3 aliphatic rings. The van der Waals surface area contributed by atoms with Crippen molar-refractivity contribution < 1.29 is 9.53 Å². The fourth-order valence-corrected chi connectivity index (χ4v) is 5.40. The summed E-state index contributed by atoms with van der Waals surface area (Å²) in [6.07, 6.45) is 3.64. The molecule has 2 saturated heterocycles. The predicted octanol–water partition coefficient (Wildman–Crippen LogP) is 2.63. The van der Waals surface area contributed by atoms with Gasteiger partial charge in [0.2, 0.25) is 5.91 Å². The lowest BCUT2D eigenvalue weighted by atomic mass is 9.82. The Kier molecular flexibility index (Phi) is 5.44. The van der Waals surface area contributed by atoms with Crippen LogP contribution in [0.1, 0.15) is 36.4 Å². The van der Waals surface area contributed by atoms with E-state index in [9.17, 15) is 9.59 Å². The minimum absolute atomic E-state index is 0.0665. The summed E-state index contributed by atoms with van der Waals surface area (Å²) in [5, 5.41) is 2.84. The van der Waals surface area contributed by atoms with Gasteiger partial charge in [-0.15, -0.1) is 0 Å². The molecule has 1 aromatic heterocycles. The maximum atomic E-state index is 13.1. The molecule has 158 valence electrons. The Hall–Kier alpha value is -2.44. The Morgan fingerprint density at radius 1 is 1.03 bits per heavy atom. The molecule has 2 fully saturated rings. The van der Waals surface area contributed by atoms with E-state index in [2.05, 4.69) is 10.2 Å². The van der Waals surface area contributed by atoms with Crippen molar-refractivity contribution in [1.29, 1.82) is 0 Å². The third kappa shape index (κ3) is 3.94. The van der Waals surface area contributed by atoms with Crippen LogP contribution in [0.15, 0.2) is 47.3 Å². The fourth-order valence-electron chi connectivity index (χ4n) is 5.40. The van der Waals surface area contributed by atoms with Crippen LogP contribution >= 0.6 is 0 Å². The smallest absolute Gasteiger partial charge is 0.274 e. The molecule has 2 atom stereocenters. The molecule has 6 heteroatoms. The highest BCUT2D eigenvalue weighted by Gasteiger charge is 2.37. The van der Waals surface area contributed by atoms with E-state index in [1.165, 1.54) is 0 Å². The Morgan fingerprint density at radius 2 is 1.83 bits per heavy atom. The molecule has 6 nitrogen and oxygen atoms in total. The Labute approximate surface area is 176 Å². The van der Waals surface area contributed by atoms with E-state index >= 15 is 0 Å². The summed E-state index contributed by atoms with van der Waals surface area (Å²) < 4.78 is 7.45. The predicted molar refractivity (Wildman–Crippen MR) is 116 cm³/mol. The maximum absolute atomic E-state index is 13.1. The number of hydrogen-bond acceptors (Lipinski definition) is 4. The van der Waals surface area contributed by atoms with E-state index in [1.54, 1.807) is 6.07 Å². The van der Waals surface area contributed by atoms with Crippen molar-refractivity contribution in [1.82, 2.24) is 9.47 Å². The number of carbonyl (C=O) groups excluding carboxylic acids is 1. The van der Waals surface area contributed by atoms with Gasteiger partial charge in [-0.3, -0.25) is 14.5 Å². The van der Waals surface area contributed by atoms with Crippen LogP contribution in [0.3, 0.4) is 0 Å². The van der Waals surface area contributed by atoms with Gasteiger partial charge in [-0.25, -0.2) is 0 Å². The zero-order chi connectivity index (χ0) is 20.5. The number of anilines is 1. The maximum Gasteiger partial charge on any atom is 0.274 e. The molecule has 0 aliphatic carbocycles. The quantitative estimate of drug-likeness (QED) is 0.846. The van der Waals surface area contributed by atoms with E-state index in [1.807, 2.05) is 41.0 Å². The summed E-state index contributed by atoms with van der Waals surface area (Å²) >= 11 is 0. The number of amides is 1. The Morgan fingerprint density at radius 3 is 2.63 bits per heavy atom. The number of piperidine rings is 1. The van der Waals surface area contributed by atoms with Gasteiger partial charge in [-0.1, -0.05) is 30.3 Å². The second-order valence-electron chi connectivity index (χ2n) is 8.89. The summed E-state index contributed by atoms with van der Waals surface area (Å²) in [7, 11) is 0. The van der Waals surface area contributed by atoms with Gasteiger partial charge in [0, 0.05) is 50.5 Å². The number of pyridine rings is 1. The monoisotopic (exact) mass is 407 g/mol. The van der Waals surface area contributed by atoms with E-state index in [0.29, 0.717) is 23.6 Å². The molecule has 3 aliphatic heterocycles. The first-order valence-corrected chi connectivity index (χ1v) is 11.1. The van der Waals surface area contributed by atoms with Gasteiger partial charge in [0.1, 0.15) is 5.69 Å². The number of aromatic nitrogens is 1. The molecule has 2 bridgehead atoms. The number of fused-ring (bicyclic) bond motifs is 4. The fraction of sp³-hybridized carbons (Fsp3) is 0.500. The van der Waals surface area contributed by atoms with Gasteiger partial charge in [0.05, 0.1) is 6.42 Å². The third-order valence-electron chi connectivity index (χ3n) is 6.82. The Balaban J connectivity index is 1.32. The molecule has 1 N–H and O–H groups in total. The van der Waals surface area contributed by atoms with Crippen molar-refractivity contribution in [3.63, 3.8) is 0 Å². The van der Waals surface area contributed by atoms with Gasteiger partial charge in [-0.2, -0.15) is 0 Å². The molecule has 30 heavy (non-hydrogen) atoms. The topological polar surface area (TPSA) is 63.6 Å². The molecule has 5 rings (SSSR count). The molecule has 4 heterocycles. The summed E-state index contributed by atoms with van der Waals surface area (Å²) in [5.41, 5.74) is 2.38. The standard InChI is InChI=1S/C24H29N3O3/c28-23(13-17-4-2-1-3-5-17)25-21-6-7-22-19-12-18(15-27(22)24(21)29)14-26(16-19)20-8-10-30-11-9-20/h1-7,18-20H,8-16H2,(H,25,28). The molecule has 1 aromatic carbocycles. The number of rotatable bonds is 4. The van der Waals surface area contributed by atoms with Crippen LogP contribution in [-0.4, -0.2) is 47.7 Å². The van der Waals surface area contributed by atoms with Crippen LogP contribution < -0.4 is 10.9 Å². The lowest BCUT2D eigenvalue weighted by Crippen LogP contribution is -2.51. The van der Waals surface area contributed by atoms with Crippen LogP contribution in [-0.2, 0) is 22.5 Å². The zero-order valence-electron chi connectivity index (χ0n) is 17.3. The van der Waals surface area contributed by atoms with E-state index in [0.717, 1.165) is 63.4 Å². The van der Waals surface area contributed by atoms with Crippen LogP contribution in [0.5, 0.6) is 0 Å². The van der Waals surface area contributed by atoms with Gasteiger partial charge in [0.25, 0.3) is 5.56 Å². The molecule has 2 aromatic rings. The summed E-state index contributed by atoms with van der Waals surface area (Å²) in [5.74, 6) is 0.731. The number of benzene rings is 1. The minimum Gasteiger partial charge on any atom is -0.381 e. The van der Waals surface area contributed by atoms with Crippen LogP contribution in [0.25, 0.3) is 0 Å². The summed E-state index contributed by atoms with van der Waals surface area (Å²) in [6.45, 7) is 4.53. The van der Waals surface area contributed by atoms with E-state index in [4.69, 9.17) is 4.74 Å². The second kappa shape index (κ2) is 8.36. The lowest BCUT2D eigenvalue weighted by molar-refractivity contribution is -0.115. The highest BCUT2D eigenvalue weighted by Crippen LogP contribution is 2.37. The lowest BCUT2D eigenvalue weighted by Gasteiger charge is -2.46. The number of nitrogens with one attached hydrogen (secondary N) is 1. The van der Waals surface area contributed by atoms with Crippen molar-refractivity contribution in [3.8, 4) is 0 Å². The first-order valence-electron chi connectivity index (χ1n) is 11.1. The largest absolute Gasteiger partial charge is 0.381 e. The van der Waals surface area contributed by atoms with Crippen LogP contribution in [0, 0.1) is 5.92 Å².